The van der Waals surface area contributed by atoms with Crippen LogP contribution in [0.4, 0.5) is 5.69 Å². The van der Waals surface area contributed by atoms with Gasteiger partial charge >= 0.3 is 0 Å². The number of methoxy groups -OCH3 is 3. The number of anilines is 1. The first-order valence-electron chi connectivity index (χ1n) is 11.3. The first-order valence-corrected chi connectivity index (χ1v) is 12.2. The van der Waals surface area contributed by atoms with E-state index in [1.807, 2.05) is 79.1 Å². The third-order valence-corrected chi connectivity index (χ3v) is 6.49. The maximum Gasteiger partial charge on any atom is 0.234 e. The van der Waals surface area contributed by atoms with Gasteiger partial charge in [0.25, 0.3) is 0 Å². The third kappa shape index (κ3) is 5.31. The predicted octanol–water partition coefficient (Wildman–Crippen LogP) is 5.31. The average molecular weight is 505 g/mol. The minimum Gasteiger partial charge on any atom is -0.493 e. The van der Waals surface area contributed by atoms with E-state index in [2.05, 4.69) is 15.5 Å². The summed E-state index contributed by atoms with van der Waals surface area (Å²) in [5, 5.41) is 12.4. The van der Waals surface area contributed by atoms with E-state index < -0.39 is 0 Å². The molecule has 4 rings (SSSR count). The van der Waals surface area contributed by atoms with Crippen molar-refractivity contribution in [2.45, 2.75) is 19.0 Å². The Morgan fingerprint density at radius 3 is 2.22 bits per heavy atom. The number of carbonyl (C=O) groups is 1. The summed E-state index contributed by atoms with van der Waals surface area (Å²) < 4.78 is 18.4. The van der Waals surface area contributed by atoms with Gasteiger partial charge in [-0.3, -0.25) is 9.36 Å². The van der Waals surface area contributed by atoms with Gasteiger partial charge in [-0.15, -0.1) is 10.2 Å². The number of aromatic nitrogens is 3. The van der Waals surface area contributed by atoms with Crippen LogP contribution >= 0.6 is 11.8 Å². The SMILES string of the molecule is COc1cc(-c2nnc(SCC(=O)Nc3ccc(C)cc3C)n2-c2ccccc2)cc(OC)c1OC. The molecule has 1 amide bonds. The topological polar surface area (TPSA) is 87.5 Å². The number of nitrogens with one attached hydrogen (secondary N) is 1. The molecule has 1 aromatic heterocycles. The van der Waals surface area contributed by atoms with E-state index in [0.717, 1.165) is 28.1 Å². The Labute approximate surface area is 214 Å². The Kier molecular flexibility index (Phi) is 7.80. The highest BCUT2D eigenvalue weighted by molar-refractivity contribution is 7.99. The normalized spacial score (nSPS) is 10.7. The molecule has 1 N–H and O–H groups in total. The fourth-order valence-corrected chi connectivity index (χ4v) is 4.59. The smallest absolute Gasteiger partial charge is 0.234 e. The zero-order valence-corrected chi connectivity index (χ0v) is 21.7. The molecule has 9 heteroatoms. The van der Waals surface area contributed by atoms with Crippen LogP contribution < -0.4 is 19.5 Å². The van der Waals surface area contributed by atoms with Crippen LogP contribution in [0.1, 0.15) is 11.1 Å². The van der Waals surface area contributed by atoms with E-state index in [-0.39, 0.29) is 11.7 Å². The third-order valence-electron chi connectivity index (χ3n) is 5.56. The molecular weight excluding hydrogens is 476 g/mol. The molecular formula is C27H28N4O4S. The summed E-state index contributed by atoms with van der Waals surface area (Å²) in [7, 11) is 4.70. The number of aryl methyl sites for hydroxylation is 2. The quantitative estimate of drug-likeness (QED) is 0.309. The van der Waals surface area contributed by atoms with Gasteiger partial charge in [0.2, 0.25) is 11.7 Å². The van der Waals surface area contributed by atoms with E-state index in [1.165, 1.54) is 11.8 Å². The molecule has 0 bridgehead atoms. The lowest BCUT2D eigenvalue weighted by Gasteiger charge is -2.15. The van der Waals surface area contributed by atoms with E-state index in [4.69, 9.17) is 14.2 Å². The Hall–Kier alpha value is -3.98. The van der Waals surface area contributed by atoms with E-state index >= 15 is 0 Å². The number of carbonyl (C=O) groups excluding carboxylic acids is 1. The Balaban J connectivity index is 1.67. The molecule has 0 aliphatic heterocycles. The van der Waals surface area contributed by atoms with Gasteiger partial charge in [0, 0.05) is 16.9 Å². The van der Waals surface area contributed by atoms with Crippen molar-refractivity contribution in [1.82, 2.24) is 14.8 Å². The zero-order valence-electron chi connectivity index (χ0n) is 20.9. The van der Waals surface area contributed by atoms with Crippen molar-refractivity contribution < 1.29 is 19.0 Å². The van der Waals surface area contributed by atoms with Crippen LogP contribution in [-0.4, -0.2) is 47.8 Å². The van der Waals surface area contributed by atoms with Crippen LogP contribution in [0, 0.1) is 13.8 Å². The van der Waals surface area contributed by atoms with Crippen molar-refractivity contribution in [3.8, 4) is 34.3 Å². The molecule has 8 nitrogen and oxygen atoms in total. The summed E-state index contributed by atoms with van der Waals surface area (Å²) >= 11 is 1.31. The lowest BCUT2D eigenvalue weighted by molar-refractivity contribution is -0.113. The van der Waals surface area contributed by atoms with Gasteiger partial charge in [0.1, 0.15) is 0 Å². The molecule has 3 aromatic carbocycles. The number of nitrogens with zero attached hydrogens (tertiary/aromatic N) is 3. The number of hydrogen-bond acceptors (Lipinski definition) is 7. The molecule has 0 fully saturated rings. The molecule has 0 spiro atoms. The summed E-state index contributed by atoms with van der Waals surface area (Å²) in [5.41, 5.74) is 4.56. The second-order valence-corrected chi connectivity index (χ2v) is 8.99. The van der Waals surface area contributed by atoms with Crippen molar-refractivity contribution in [1.29, 1.82) is 0 Å². The summed E-state index contributed by atoms with van der Waals surface area (Å²) in [6.45, 7) is 4.00. The monoisotopic (exact) mass is 504 g/mol. The van der Waals surface area contributed by atoms with Gasteiger partial charge in [-0.25, -0.2) is 0 Å². The number of ether oxygens (including phenoxy) is 3. The summed E-state index contributed by atoms with van der Waals surface area (Å²) in [5.74, 6) is 2.15. The van der Waals surface area contributed by atoms with E-state index in [1.54, 1.807) is 21.3 Å². The second-order valence-electron chi connectivity index (χ2n) is 8.05. The number of para-hydroxylation sites is 1. The maximum absolute atomic E-state index is 12.7. The van der Waals surface area contributed by atoms with Crippen molar-refractivity contribution in [3.05, 3.63) is 71.8 Å². The highest BCUT2D eigenvalue weighted by Crippen LogP contribution is 2.41. The molecule has 0 unspecified atom stereocenters. The molecule has 0 aliphatic carbocycles. The maximum atomic E-state index is 12.7. The molecule has 0 saturated carbocycles. The van der Waals surface area contributed by atoms with Crippen LogP contribution in [-0.2, 0) is 4.79 Å². The lowest BCUT2D eigenvalue weighted by Crippen LogP contribution is -2.15. The first kappa shape index (κ1) is 25.1. The molecule has 4 aromatic rings. The Morgan fingerprint density at radius 1 is 0.917 bits per heavy atom. The molecule has 1 heterocycles. The van der Waals surface area contributed by atoms with Crippen LogP contribution in [0.25, 0.3) is 17.1 Å². The minimum atomic E-state index is -0.121. The molecule has 0 radical (unpaired) electrons. The lowest BCUT2D eigenvalue weighted by atomic mass is 10.1. The summed E-state index contributed by atoms with van der Waals surface area (Å²) in [6, 6.07) is 19.3. The molecule has 0 saturated heterocycles. The fraction of sp³-hybridized carbons (Fsp3) is 0.222. The first-order chi connectivity index (χ1) is 17.4. The van der Waals surface area contributed by atoms with Crippen LogP contribution in [0.5, 0.6) is 17.2 Å². The van der Waals surface area contributed by atoms with Gasteiger partial charge < -0.3 is 19.5 Å². The van der Waals surface area contributed by atoms with Gasteiger partial charge in [0.15, 0.2) is 22.5 Å². The van der Waals surface area contributed by atoms with Crippen molar-refractivity contribution in [2.24, 2.45) is 0 Å². The Morgan fingerprint density at radius 2 is 1.61 bits per heavy atom. The van der Waals surface area contributed by atoms with Crippen molar-refractivity contribution in [2.75, 3.05) is 32.4 Å². The summed E-state index contributed by atoms with van der Waals surface area (Å²) in [4.78, 5) is 12.7. The van der Waals surface area contributed by atoms with Gasteiger partial charge in [-0.1, -0.05) is 47.7 Å². The van der Waals surface area contributed by atoms with Crippen LogP contribution in [0.2, 0.25) is 0 Å². The fourth-order valence-electron chi connectivity index (χ4n) is 3.84. The van der Waals surface area contributed by atoms with Gasteiger partial charge in [-0.2, -0.15) is 0 Å². The van der Waals surface area contributed by atoms with Crippen LogP contribution in [0.15, 0.2) is 65.8 Å². The van der Waals surface area contributed by atoms with E-state index in [9.17, 15) is 4.79 Å². The highest BCUT2D eigenvalue weighted by atomic mass is 32.2. The molecule has 0 atom stereocenters. The largest absolute Gasteiger partial charge is 0.493 e. The standard InChI is InChI=1S/C27H28N4O4S/c1-17-11-12-21(18(2)13-17)28-24(32)16-36-27-30-29-26(31(27)20-9-7-6-8-10-20)19-14-22(33-3)25(35-5)23(15-19)34-4/h6-15H,16H2,1-5H3,(H,28,32). The predicted molar refractivity (Wildman–Crippen MR) is 142 cm³/mol. The highest BCUT2D eigenvalue weighted by Gasteiger charge is 2.21. The van der Waals surface area contributed by atoms with Gasteiger partial charge in [0.05, 0.1) is 27.1 Å². The second kappa shape index (κ2) is 11.2. The average Bonchev–Trinajstić information content (AvgIpc) is 3.32. The van der Waals surface area contributed by atoms with Crippen LogP contribution in [0.3, 0.4) is 0 Å². The van der Waals surface area contributed by atoms with Gasteiger partial charge in [-0.05, 0) is 49.7 Å². The van der Waals surface area contributed by atoms with Crippen molar-refractivity contribution in [3.63, 3.8) is 0 Å². The minimum absolute atomic E-state index is 0.121. The zero-order chi connectivity index (χ0) is 25.7. The van der Waals surface area contributed by atoms with E-state index in [0.29, 0.717) is 28.2 Å². The summed E-state index contributed by atoms with van der Waals surface area (Å²) in [6.07, 6.45) is 0. The number of rotatable bonds is 9. The number of hydrogen-bond donors (Lipinski definition) is 1. The molecule has 186 valence electrons. The molecule has 36 heavy (non-hydrogen) atoms. The number of amides is 1. The molecule has 0 aliphatic rings. The Bertz CT molecular complexity index is 1350. The van der Waals surface area contributed by atoms with Crippen molar-refractivity contribution >= 4 is 23.4 Å². The number of benzene rings is 3. The number of thioether (sulfide) groups is 1.